The molecule has 37 heavy (non-hydrogen) atoms. The molecule has 0 saturated carbocycles. The molecule has 0 aliphatic carbocycles. The number of carbonyl (C=O) groups excluding carboxylic acids is 3. The van der Waals surface area contributed by atoms with Gasteiger partial charge >= 0.3 is 5.97 Å². The van der Waals surface area contributed by atoms with Crippen molar-refractivity contribution in [3.05, 3.63) is 54.1 Å². The zero-order valence-corrected chi connectivity index (χ0v) is 21.3. The summed E-state index contributed by atoms with van der Waals surface area (Å²) in [5, 5.41) is 2.75. The van der Waals surface area contributed by atoms with E-state index in [2.05, 4.69) is 17.2 Å². The number of nitrogens with zero attached hydrogens (tertiary/aromatic N) is 3. The van der Waals surface area contributed by atoms with Crippen LogP contribution in [-0.2, 0) is 25.7 Å². The molecular weight excluding hydrogens is 472 g/mol. The van der Waals surface area contributed by atoms with Gasteiger partial charge in [-0.15, -0.1) is 0 Å². The Morgan fingerprint density at radius 3 is 2.68 bits per heavy atom. The lowest BCUT2D eigenvalue weighted by molar-refractivity contribution is -0.143. The number of fused-ring (bicyclic) bond motifs is 2. The van der Waals surface area contributed by atoms with Crippen molar-refractivity contribution in [3.63, 3.8) is 0 Å². The molecule has 196 valence electrons. The van der Waals surface area contributed by atoms with E-state index in [9.17, 15) is 14.4 Å². The van der Waals surface area contributed by atoms with E-state index in [-0.39, 0.29) is 24.8 Å². The molecule has 1 N–H and O–H groups in total. The summed E-state index contributed by atoms with van der Waals surface area (Å²) in [6.07, 6.45) is 4.83. The van der Waals surface area contributed by atoms with Crippen LogP contribution in [-0.4, -0.2) is 54.9 Å². The molecular formula is C28H34N4O5. The van der Waals surface area contributed by atoms with Crippen LogP contribution in [0.2, 0.25) is 0 Å². The highest BCUT2D eigenvalue weighted by atomic mass is 16.5. The van der Waals surface area contributed by atoms with Crippen LogP contribution in [0.4, 0.5) is 11.4 Å². The van der Waals surface area contributed by atoms with E-state index in [1.165, 1.54) is 4.90 Å². The number of anilines is 1. The minimum Gasteiger partial charge on any atom is -0.494 e. The lowest BCUT2D eigenvalue weighted by Gasteiger charge is -2.23. The number of esters is 1. The Morgan fingerprint density at radius 2 is 1.86 bits per heavy atom. The lowest BCUT2D eigenvalue weighted by atomic mass is 10.1. The van der Waals surface area contributed by atoms with Crippen molar-refractivity contribution in [1.29, 1.82) is 0 Å². The van der Waals surface area contributed by atoms with E-state index in [1.807, 2.05) is 53.4 Å². The number of benzene rings is 2. The van der Waals surface area contributed by atoms with Crippen molar-refractivity contribution < 1.29 is 23.9 Å². The fourth-order valence-electron chi connectivity index (χ4n) is 4.30. The van der Waals surface area contributed by atoms with Gasteiger partial charge in [0.15, 0.2) is 0 Å². The Hall–Kier alpha value is -3.88. The molecule has 0 atom stereocenters. The Morgan fingerprint density at radius 1 is 1.03 bits per heavy atom. The Kier molecular flexibility index (Phi) is 9.13. The molecule has 2 aliphatic heterocycles. The molecule has 4 rings (SSSR count). The largest absolute Gasteiger partial charge is 0.494 e. The summed E-state index contributed by atoms with van der Waals surface area (Å²) in [7, 11) is 0. The van der Waals surface area contributed by atoms with Gasteiger partial charge < -0.3 is 19.3 Å². The second-order valence-electron chi connectivity index (χ2n) is 9.18. The van der Waals surface area contributed by atoms with Gasteiger partial charge in [0.1, 0.15) is 18.8 Å². The Labute approximate surface area is 217 Å². The molecule has 2 amide bonds. The molecule has 0 aromatic heterocycles. The van der Waals surface area contributed by atoms with Crippen LogP contribution in [0, 0.1) is 0 Å². The highest BCUT2D eigenvalue weighted by molar-refractivity contribution is 6.05. The molecule has 2 aromatic rings. The highest BCUT2D eigenvalue weighted by Crippen LogP contribution is 2.30. The molecule has 0 radical (unpaired) electrons. The molecule has 0 unspecified atom stereocenters. The second-order valence-corrected chi connectivity index (χ2v) is 9.18. The van der Waals surface area contributed by atoms with Crippen molar-refractivity contribution in [2.24, 2.45) is 4.99 Å². The number of rotatable bonds is 13. The maximum absolute atomic E-state index is 13.0. The van der Waals surface area contributed by atoms with Gasteiger partial charge in [0, 0.05) is 24.2 Å². The van der Waals surface area contributed by atoms with Crippen LogP contribution < -0.4 is 15.0 Å². The standard InChI is InChI=1S/C28H34N4O5/c1-2-3-4-8-15-37-27(35)20-32(22-10-6-5-7-11-22)26(34)12-9-16-36-23-13-14-24-21(17-23)18-31-19-25(33)30-28(31)29-24/h5-7,10-11,13-14,17H,2-4,8-9,12,15-16,18-20H2,1H3,(H,29,30,33). The fourth-order valence-corrected chi connectivity index (χ4v) is 4.30. The first-order valence-corrected chi connectivity index (χ1v) is 12.9. The molecule has 9 heteroatoms. The van der Waals surface area contributed by atoms with Crippen LogP contribution >= 0.6 is 0 Å². The predicted molar refractivity (Wildman–Crippen MR) is 141 cm³/mol. The molecule has 2 aromatic carbocycles. The topological polar surface area (TPSA) is 101 Å². The number of hydrogen-bond acceptors (Lipinski definition) is 7. The molecule has 0 bridgehead atoms. The highest BCUT2D eigenvalue weighted by Gasteiger charge is 2.29. The SMILES string of the molecule is CCCCCCOC(=O)CN(C(=O)CCCOc1ccc2c(c1)CN1CC(=O)NC1=N2)c1ccccc1. The smallest absolute Gasteiger partial charge is 0.326 e. The molecule has 1 fully saturated rings. The van der Waals surface area contributed by atoms with Crippen molar-refractivity contribution in [2.45, 2.75) is 52.0 Å². The zero-order valence-electron chi connectivity index (χ0n) is 21.3. The summed E-state index contributed by atoms with van der Waals surface area (Å²) in [4.78, 5) is 44.9. The van der Waals surface area contributed by atoms with Gasteiger partial charge in [0.05, 0.1) is 18.9 Å². The van der Waals surface area contributed by atoms with Crippen LogP contribution in [0.1, 0.15) is 51.0 Å². The summed E-state index contributed by atoms with van der Waals surface area (Å²) in [5.74, 6) is 0.663. The molecule has 0 spiro atoms. The van der Waals surface area contributed by atoms with Crippen LogP contribution in [0.3, 0.4) is 0 Å². The van der Waals surface area contributed by atoms with Crippen LogP contribution in [0.25, 0.3) is 0 Å². The van der Waals surface area contributed by atoms with Crippen LogP contribution in [0.5, 0.6) is 5.75 Å². The van der Waals surface area contributed by atoms with Crippen molar-refractivity contribution in [2.75, 3.05) is 31.2 Å². The second kappa shape index (κ2) is 12.9. The summed E-state index contributed by atoms with van der Waals surface area (Å²) in [6, 6.07) is 14.8. The minimum atomic E-state index is -0.403. The van der Waals surface area contributed by atoms with E-state index in [0.29, 0.717) is 50.1 Å². The van der Waals surface area contributed by atoms with Gasteiger partial charge in [-0.1, -0.05) is 44.4 Å². The first-order chi connectivity index (χ1) is 18.0. The third-order valence-corrected chi connectivity index (χ3v) is 6.24. The first kappa shape index (κ1) is 26.2. The van der Waals surface area contributed by atoms with Crippen molar-refractivity contribution >= 4 is 35.1 Å². The Bertz CT molecular complexity index is 1130. The number of aliphatic imine (C=N–C) groups is 1. The molecule has 9 nitrogen and oxygen atoms in total. The fraction of sp³-hybridized carbons (Fsp3) is 0.429. The van der Waals surface area contributed by atoms with Gasteiger partial charge in [-0.25, -0.2) is 4.99 Å². The van der Waals surface area contributed by atoms with Crippen LogP contribution in [0.15, 0.2) is 53.5 Å². The van der Waals surface area contributed by atoms with E-state index >= 15 is 0 Å². The summed E-state index contributed by atoms with van der Waals surface area (Å²) < 4.78 is 11.3. The maximum Gasteiger partial charge on any atom is 0.326 e. The number of para-hydroxylation sites is 1. The van der Waals surface area contributed by atoms with Crippen molar-refractivity contribution in [1.82, 2.24) is 10.2 Å². The maximum atomic E-state index is 13.0. The minimum absolute atomic E-state index is 0.0579. The number of carbonyl (C=O) groups is 3. The van der Waals surface area contributed by atoms with E-state index in [4.69, 9.17) is 9.47 Å². The van der Waals surface area contributed by atoms with Gasteiger partial charge in [-0.3, -0.25) is 19.7 Å². The first-order valence-electron chi connectivity index (χ1n) is 12.9. The Balaban J connectivity index is 1.26. The average molecular weight is 507 g/mol. The van der Waals surface area contributed by atoms with Gasteiger partial charge in [0.25, 0.3) is 0 Å². The number of nitrogens with one attached hydrogen (secondary N) is 1. The number of ether oxygens (including phenoxy) is 2. The van der Waals surface area contributed by atoms with Gasteiger partial charge in [0.2, 0.25) is 17.8 Å². The predicted octanol–water partition coefficient (Wildman–Crippen LogP) is 3.94. The summed E-state index contributed by atoms with van der Waals surface area (Å²) in [5.41, 5.74) is 2.46. The third kappa shape index (κ3) is 7.31. The quantitative estimate of drug-likeness (QED) is 0.326. The number of unbranched alkanes of at least 4 members (excludes halogenated alkanes) is 3. The molecule has 2 aliphatic rings. The zero-order chi connectivity index (χ0) is 26.0. The normalized spacial score (nSPS) is 13.8. The van der Waals surface area contributed by atoms with Gasteiger partial charge in [-0.2, -0.15) is 0 Å². The van der Waals surface area contributed by atoms with E-state index in [0.717, 1.165) is 36.9 Å². The van der Waals surface area contributed by atoms with E-state index in [1.54, 1.807) is 0 Å². The number of amides is 2. The lowest BCUT2D eigenvalue weighted by Crippen LogP contribution is -2.36. The third-order valence-electron chi connectivity index (χ3n) is 6.24. The van der Waals surface area contributed by atoms with Crippen molar-refractivity contribution in [3.8, 4) is 5.75 Å². The summed E-state index contributed by atoms with van der Waals surface area (Å²) >= 11 is 0. The van der Waals surface area contributed by atoms with E-state index < -0.39 is 5.97 Å². The molecule has 1 saturated heterocycles. The number of hydrogen-bond donors (Lipinski definition) is 1. The van der Waals surface area contributed by atoms with Gasteiger partial charge in [-0.05, 0) is 43.2 Å². The monoisotopic (exact) mass is 506 g/mol. The summed E-state index contributed by atoms with van der Waals surface area (Å²) in [6.45, 7) is 3.64. The molecule has 2 heterocycles. The average Bonchev–Trinajstić information content (AvgIpc) is 3.27. The number of guanidine groups is 1.